The number of nitrogens with zero attached hydrogens (tertiary/aromatic N) is 6. The Kier molecular flexibility index (Phi) is 6.08. The van der Waals surface area contributed by atoms with E-state index in [0.717, 1.165) is 42.9 Å². The number of aryl methyl sites for hydroxylation is 2. The molecule has 0 spiro atoms. The van der Waals surface area contributed by atoms with Gasteiger partial charge in [0.05, 0.1) is 24.1 Å². The third kappa shape index (κ3) is 4.55. The largest absolute Gasteiger partial charge is 0.333 e. The molecular weight excluding hydrogens is 426 g/mol. The zero-order chi connectivity index (χ0) is 23.8. The number of fused-ring (bicyclic) bond motifs is 1. The molecule has 2 aliphatic heterocycles. The number of likely N-dealkylation sites (N-methyl/N-ethyl adjacent to an activating group) is 1. The summed E-state index contributed by atoms with van der Waals surface area (Å²) in [5.41, 5.74) is 5.38. The summed E-state index contributed by atoms with van der Waals surface area (Å²) in [6.07, 6.45) is 7.17. The van der Waals surface area contributed by atoms with Crippen molar-refractivity contribution in [1.29, 1.82) is 0 Å². The summed E-state index contributed by atoms with van der Waals surface area (Å²) >= 11 is 0. The van der Waals surface area contributed by atoms with Crippen LogP contribution in [-0.4, -0.2) is 61.6 Å². The van der Waals surface area contributed by atoms with Gasteiger partial charge in [0.2, 0.25) is 11.9 Å². The van der Waals surface area contributed by atoms with E-state index in [1.807, 2.05) is 24.3 Å². The van der Waals surface area contributed by atoms with Gasteiger partial charge in [-0.2, -0.15) is 5.10 Å². The number of piperidine rings is 1. The van der Waals surface area contributed by atoms with Crippen LogP contribution in [0.25, 0.3) is 0 Å². The van der Waals surface area contributed by atoms with Gasteiger partial charge in [0.15, 0.2) is 0 Å². The Hall–Kier alpha value is -3.26. The standard InChI is InChI=1S/C26H33N7O/c1-17-6-5-7-19(10-17)23-15-31(3)9-8-22(23)25(34)33-16-24-20(11-18(33)2)12-27-26(30-24)29-21-13-28-32(4)14-21/h5-7,10,12-14,18,22-23H,8-9,11,15-16H2,1-4H3,(H,27,29,30)/t18-,22-,23-/m0/s1. The minimum absolute atomic E-state index is 0.0168. The maximum absolute atomic E-state index is 14.0. The van der Waals surface area contributed by atoms with Crippen molar-refractivity contribution in [3.05, 3.63) is 65.2 Å². The first kappa shape index (κ1) is 22.5. The van der Waals surface area contributed by atoms with E-state index in [9.17, 15) is 4.79 Å². The summed E-state index contributed by atoms with van der Waals surface area (Å²) in [4.78, 5) is 27.6. The van der Waals surface area contributed by atoms with Crippen LogP contribution in [0.1, 0.15) is 41.6 Å². The first-order valence-corrected chi connectivity index (χ1v) is 12.0. The highest BCUT2D eigenvalue weighted by Crippen LogP contribution is 2.36. The molecule has 2 aromatic heterocycles. The lowest BCUT2D eigenvalue weighted by Crippen LogP contribution is -2.50. The van der Waals surface area contributed by atoms with Gasteiger partial charge in [0, 0.05) is 43.9 Å². The number of hydrogen-bond donors (Lipinski definition) is 1. The summed E-state index contributed by atoms with van der Waals surface area (Å²) in [5.74, 6) is 0.966. The molecule has 5 rings (SSSR count). The Labute approximate surface area is 201 Å². The van der Waals surface area contributed by atoms with Crippen molar-refractivity contribution in [3.63, 3.8) is 0 Å². The van der Waals surface area contributed by atoms with E-state index in [2.05, 4.69) is 65.5 Å². The van der Waals surface area contributed by atoms with Crippen molar-refractivity contribution in [1.82, 2.24) is 29.5 Å². The summed E-state index contributed by atoms with van der Waals surface area (Å²) in [5, 5.41) is 7.40. The van der Waals surface area contributed by atoms with Crippen molar-refractivity contribution < 1.29 is 4.79 Å². The second kappa shape index (κ2) is 9.18. The lowest BCUT2D eigenvalue weighted by molar-refractivity contribution is -0.141. The van der Waals surface area contributed by atoms with Gasteiger partial charge in [0.25, 0.3) is 0 Å². The van der Waals surface area contributed by atoms with Crippen molar-refractivity contribution in [2.75, 3.05) is 25.5 Å². The van der Waals surface area contributed by atoms with Gasteiger partial charge in [0.1, 0.15) is 0 Å². The number of amides is 1. The molecule has 0 unspecified atom stereocenters. The van der Waals surface area contributed by atoms with Crippen LogP contribution in [0.2, 0.25) is 0 Å². The molecule has 34 heavy (non-hydrogen) atoms. The summed E-state index contributed by atoms with van der Waals surface area (Å²) in [7, 11) is 4.02. The van der Waals surface area contributed by atoms with Gasteiger partial charge in [-0.1, -0.05) is 29.8 Å². The zero-order valence-electron chi connectivity index (χ0n) is 20.4. The number of nitrogens with one attached hydrogen (secondary N) is 1. The molecule has 8 heteroatoms. The number of hydrogen-bond acceptors (Lipinski definition) is 6. The molecule has 1 amide bonds. The topological polar surface area (TPSA) is 79.2 Å². The first-order valence-electron chi connectivity index (χ1n) is 12.0. The van der Waals surface area contributed by atoms with E-state index in [0.29, 0.717) is 12.5 Å². The minimum Gasteiger partial charge on any atom is -0.333 e. The second-order valence-electron chi connectivity index (χ2n) is 9.89. The number of benzene rings is 1. The highest BCUT2D eigenvalue weighted by atomic mass is 16.2. The van der Waals surface area contributed by atoms with Crippen LogP contribution in [0.3, 0.4) is 0 Å². The van der Waals surface area contributed by atoms with Crippen LogP contribution in [-0.2, 0) is 24.8 Å². The molecule has 1 aromatic carbocycles. The highest BCUT2D eigenvalue weighted by Gasteiger charge is 2.39. The summed E-state index contributed by atoms with van der Waals surface area (Å²) < 4.78 is 1.73. The molecule has 1 fully saturated rings. The maximum Gasteiger partial charge on any atom is 0.227 e. The van der Waals surface area contributed by atoms with Gasteiger partial charge in [-0.25, -0.2) is 9.97 Å². The quantitative estimate of drug-likeness (QED) is 0.645. The predicted molar refractivity (Wildman–Crippen MR) is 132 cm³/mol. The predicted octanol–water partition coefficient (Wildman–Crippen LogP) is 3.27. The Morgan fingerprint density at radius 2 is 2.06 bits per heavy atom. The Balaban J connectivity index is 1.38. The fourth-order valence-electron chi connectivity index (χ4n) is 5.33. The van der Waals surface area contributed by atoms with Gasteiger partial charge in [-0.15, -0.1) is 0 Å². The highest BCUT2D eigenvalue weighted by molar-refractivity contribution is 5.81. The number of aromatic nitrogens is 4. The Bertz CT molecular complexity index is 1190. The zero-order valence-corrected chi connectivity index (χ0v) is 20.4. The fourth-order valence-corrected chi connectivity index (χ4v) is 5.33. The minimum atomic E-state index is -0.0168. The number of likely N-dealkylation sites (tertiary alicyclic amines) is 1. The number of anilines is 2. The van der Waals surface area contributed by atoms with Crippen LogP contribution in [0.15, 0.2) is 42.9 Å². The molecule has 0 bridgehead atoms. The number of carbonyl (C=O) groups excluding carboxylic acids is 1. The maximum atomic E-state index is 14.0. The smallest absolute Gasteiger partial charge is 0.227 e. The average molecular weight is 460 g/mol. The monoisotopic (exact) mass is 459 g/mol. The lowest BCUT2D eigenvalue weighted by Gasteiger charge is -2.42. The average Bonchev–Trinajstić information content (AvgIpc) is 3.22. The van der Waals surface area contributed by atoms with Crippen LogP contribution in [0.5, 0.6) is 0 Å². The summed E-state index contributed by atoms with van der Waals surface area (Å²) in [6, 6.07) is 8.76. The van der Waals surface area contributed by atoms with Crippen LogP contribution in [0, 0.1) is 12.8 Å². The Morgan fingerprint density at radius 3 is 2.82 bits per heavy atom. The van der Waals surface area contributed by atoms with E-state index in [-0.39, 0.29) is 23.8 Å². The second-order valence-corrected chi connectivity index (χ2v) is 9.89. The van der Waals surface area contributed by atoms with E-state index in [1.165, 1.54) is 11.1 Å². The van der Waals surface area contributed by atoms with Gasteiger partial charge >= 0.3 is 0 Å². The summed E-state index contributed by atoms with van der Waals surface area (Å²) in [6.45, 7) is 6.62. The molecule has 2 aliphatic rings. The van der Waals surface area contributed by atoms with Gasteiger partial charge in [-0.3, -0.25) is 9.48 Å². The van der Waals surface area contributed by atoms with Crippen molar-refractivity contribution in [2.45, 2.75) is 45.2 Å². The van der Waals surface area contributed by atoms with E-state index in [1.54, 1.807) is 10.9 Å². The third-order valence-corrected chi connectivity index (χ3v) is 7.17. The molecule has 178 valence electrons. The lowest BCUT2D eigenvalue weighted by atomic mass is 9.79. The van der Waals surface area contributed by atoms with E-state index >= 15 is 0 Å². The first-order chi connectivity index (χ1) is 16.4. The van der Waals surface area contributed by atoms with E-state index in [4.69, 9.17) is 4.98 Å². The van der Waals surface area contributed by atoms with Gasteiger partial charge < -0.3 is 15.1 Å². The molecule has 3 atom stereocenters. The molecule has 0 radical (unpaired) electrons. The number of carbonyl (C=O) groups is 1. The fraction of sp³-hybridized carbons (Fsp3) is 0.462. The molecule has 1 saturated heterocycles. The van der Waals surface area contributed by atoms with Crippen LogP contribution in [0.4, 0.5) is 11.6 Å². The molecule has 4 heterocycles. The Morgan fingerprint density at radius 1 is 1.21 bits per heavy atom. The molecule has 1 N–H and O–H groups in total. The van der Waals surface area contributed by atoms with Crippen molar-refractivity contribution in [2.24, 2.45) is 13.0 Å². The normalized spacial score (nSPS) is 22.9. The van der Waals surface area contributed by atoms with Crippen LogP contribution < -0.4 is 5.32 Å². The van der Waals surface area contributed by atoms with Crippen LogP contribution >= 0.6 is 0 Å². The van der Waals surface area contributed by atoms with Crippen molar-refractivity contribution >= 4 is 17.5 Å². The van der Waals surface area contributed by atoms with Gasteiger partial charge in [-0.05, 0) is 51.4 Å². The molecular formula is C26H33N7O. The third-order valence-electron chi connectivity index (χ3n) is 7.17. The molecule has 3 aromatic rings. The van der Waals surface area contributed by atoms with E-state index < -0.39 is 0 Å². The number of rotatable bonds is 4. The molecule has 0 aliphatic carbocycles. The molecule has 0 saturated carbocycles. The SMILES string of the molecule is Cc1cccc([C@@H]2CN(C)CC[C@@H]2C(=O)N2Cc3nc(Nc4cnn(C)c4)ncc3C[C@@H]2C)c1. The molecule has 8 nitrogen and oxygen atoms in total. The van der Waals surface area contributed by atoms with Crippen molar-refractivity contribution in [3.8, 4) is 0 Å².